The first-order valence-electron chi connectivity index (χ1n) is 8.07. The molecule has 1 nitrogen and oxygen atoms in total. The first-order chi connectivity index (χ1) is 10.7. The molecule has 0 fully saturated rings. The number of aryl methyl sites for hydroxylation is 4. The Kier molecular flexibility index (Phi) is 4.90. The van der Waals surface area contributed by atoms with E-state index >= 15 is 0 Å². The molecule has 4 aliphatic rings. The van der Waals surface area contributed by atoms with Crippen LogP contribution in [0.2, 0.25) is 0 Å². The molecule has 2 heteroatoms. The van der Waals surface area contributed by atoms with Crippen molar-refractivity contribution in [1.29, 1.82) is 0 Å². The summed E-state index contributed by atoms with van der Waals surface area (Å²) < 4.78 is 0. The predicted molar refractivity (Wildman–Crippen MR) is 96.9 cm³/mol. The van der Waals surface area contributed by atoms with E-state index in [1.807, 2.05) is 11.8 Å². The lowest BCUT2D eigenvalue weighted by molar-refractivity contribution is 0.397. The smallest absolute Gasteiger partial charge is 0.0241 e. The van der Waals surface area contributed by atoms with Crippen LogP contribution in [0.1, 0.15) is 27.8 Å². The number of hydrogen-bond acceptors (Lipinski definition) is 2. The number of rotatable bonds is 3. The van der Waals surface area contributed by atoms with Crippen molar-refractivity contribution in [1.82, 2.24) is 4.90 Å². The molecule has 0 unspecified atom stereocenters. The van der Waals surface area contributed by atoms with Crippen LogP contribution in [-0.4, -0.2) is 25.3 Å². The lowest BCUT2D eigenvalue weighted by atomic mass is 9.93. The van der Waals surface area contributed by atoms with Crippen LogP contribution in [0.4, 0.5) is 0 Å². The molecule has 0 radical (unpaired) electrons. The summed E-state index contributed by atoms with van der Waals surface area (Å²) in [5, 5.41) is 0. The van der Waals surface area contributed by atoms with E-state index in [9.17, 15) is 0 Å². The standard InChI is InChI=1S/C20H25NS/c1-21(2)14-19-17-10-8-15-4-6-16(7-5-15)9-11-18(13-12-17)20(19)22-3/h4-7,12-13H,8-11,14H2,1-3H3. The van der Waals surface area contributed by atoms with Gasteiger partial charge in [-0.1, -0.05) is 36.4 Å². The molecule has 22 heavy (non-hydrogen) atoms. The van der Waals surface area contributed by atoms with E-state index in [0.29, 0.717) is 0 Å². The SMILES string of the molecule is CSc1c2ccc(c1CN(C)C)CCc1ccc(cc1)CC2. The minimum atomic E-state index is 1.04. The van der Waals surface area contributed by atoms with Crippen LogP contribution in [0, 0.1) is 0 Å². The van der Waals surface area contributed by atoms with E-state index in [1.54, 1.807) is 5.56 Å². The van der Waals surface area contributed by atoms with E-state index in [-0.39, 0.29) is 0 Å². The second-order valence-electron chi connectivity index (χ2n) is 6.45. The second kappa shape index (κ2) is 6.89. The van der Waals surface area contributed by atoms with Gasteiger partial charge in [-0.15, -0.1) is 11.8 Å². The maximum atomic E-state index is 2.38. The van der Waals surface area contributed by atoms with Gasteiger partial charge in [0.05, 0.1) is 0 Å². The molecule has 0 saturated carbocycles. The first kappa shape index (κ1) is 15.6. The van der Waals surface area contributed by atoms with E-state index in [4.69, 9.17) is 0 Å². The first-order valence-corrected chi connectivity index (χ1v) is 9.30. The number of thioether (sulfide) groups is 1. The summed E-state index contributed by atoms with van der Waals surface area (Å²) in [6.07, 6.45) is 6.76. The average molecular weight is 311 g/mol. The molecule has 2 aromatic carbocycles. The molecule has 4 bridgehead atoms. The average Bonchev–Trinajstić information content (AvgIpc) is 2.50. The number of hydrogen-bond donors (Lipinski definition) is 0. The number of benzene rings is 2. The van der Waals surface area contributed by atoms with Gasteiger partial charge in [-0.3, -0.25) is 0 Å². The molecule has 0 saturated heterocycles. The topological polar surface area (TPSA) is 3.24 Å². The number of nitrogens with zero attached hydrogens (tertiary/aromatic N) is 1. The van der Waals surface area contributed by atoms with Gasteiger partial charge in [0.25, 0.3) is 0 Å². The Hall–Kier alpha value is -1.25. The summed E-state index contributed by atoms with van der Waals surface area (Å²) in [7, 11) is 4.34. The fraction of sp³-hybridized carbons (Fsp3) is 0.400. The maximum Gasteiger partial charge on any atom is 0.0241 e. The Labute approximate surface area is 138 Å². The Morgan fingerprint density at radius 1 is 0.818 bits per heavy atom. The highest BCUT2D eigenvalue weighted by Crippen LogP contribution is 2.31. The van der Waals surface area contributed by atoms with E-state index in [2.05, 4.69) is 61.6 Å². The summed E-state index contributed by atoms with van der Waals surface area (Å²) in [5.74, 6) is 0. The van der Waals surface area contributed by atoms with Gasteiger partial charge in [-0.25, -0.2) is 0 Å². The highest BCUT2D eigenvalue weighted by atomic mass is 32.2. The van der Waals surface area contributed by atoms with Crippen molar-refractivity contribution in [3.8, 4) is 0 Å². The molecule has 0 atom stereocenters. The van der Waals surface area contributed by atoms with Crippen molar-refractivity contribution >= 4 is 11.8 Å². The molecule has 0 amide bonds. The summed E-state index contributed by atoms with van der Waals surface area (Å²) in [6, 6.07) is 14.0. The zero-order chi connectivity index (χ0) is 15.5. The van der Waals surface area contributed by atoms with Crippen molar-refractivity contribution in [2.75, 3.05) is 20.4 Å². The molecule has 4 aliphatic carbocycles. The van der Waals surface area contributed by atoms with Crippen molar-refractivity contribution in [2.45, 2.75) is 37.1 Å². The van der Waals surface area contributed by atoms with Gasteiger partial charge in [-0.2, -0.15) is 0 Å². The fourth-order valence-corrected chi connectivity index (χ4v) is 4.20. The van der Waals surface area contributed by atoms with Crippen LogP contribution in [0.3, 0.4) is 0 Å². The molecule has 0 heterocycles. The lowest BCUT2D eigenvalue weighted by Crippen LogP contribution is -2.15. The molecule has 0 N–H and O–H groups in total. The summed E-state index contributed by atoms with van der Waals surface area (Å²) >= 11 is 1.92. The van der Waals surface area contributed by atoms with E-state index in [1.165, 1.54) is 27.1 Å². The molecule has 0 aliphatic heterocycles. The van der Waals surface area contributed by atoms with E-state index < -0.39 is 0 Å². The Bertz CT molecular complexity index is 644. The molecular weight excluding hydrogens is 286 g/mol. The van der Waals surface area contributed by atoms with Gasteiger partial charge in [0, 0.05) is 11.4 Å². The largest absolute Gasteiger partial charge is 0.305 e. The Morgan fingerprint density at radius 2 is 1.36 bits per heavy atom. The van der Waals surface area contributed by atoms with Crippen molar-refractivity contribution in [3.63, 3.8) is 0 Å². The summed E-state index contributed by atoms with van der Waals surface area (Å²) in [5.41, 5.74) is 7.48. The normalized spacial score (nSPS) is 14.2. The molecule has 2 aromatic rings. The van der Waals surface area contributed by atoms with Gasteiger partial charge in [0.1, 0.15) is 0 Å². The molecule has 116 valence electrons. The van der Waals surface area contributed by atoms with Crippen LogP contribution >= 0.6 is 11.8 Å². The quantitative estimate of drug-likeness (QED) is 0.775. The van der Waals surface area contributed by atoms with Crippen molar-refractivity contribution < 1.29 is 0 Å². The molecular formula is C20H25NS. The van der Waals surface area contributed by atoms with Crippen LogP contribution in [0.5, 0.6) is 0 Å². The van der Waals surface area contributed by atoms with Gasteiger partial charge in [-0.05, 0) is 73.9 Å². The summed E-state index contributed by atoms with van der Waals surface area (Å²) in [4.78, 5) is 3.81. The van der Waals surface area contributed by atoms with Crippen molar-refractivity contribution in [3.05, 3.63) is 64.2 Å². The van der Waals surface area contributed by atoms with E-state index in [0.717, 1.165) is 32.2 Å². The molecule has 0 spiro atoms. The predicted octanol–water partition coefficient (Wildman–Crippen LogP) is 4.35. The second-order valence-corrected chi connectivity index (χ2v) is 7.27. The zero-order valence-corrected chi connectivity index (χ0v) is 14.7. The highest BCUT2D eigenvalue weighted by molar-refractivity contribution is 7.98. The van der Waals surface area contributed by atoms with Crippen LogP contribution in [-0.2, 0) is 32.2 Å². The summed E-state index contributed by atoms with van der Waals surface area (Å²) in [6.45, 7) is 1.04. The van der Waals surface area contributed by atoms with Crippen LogP contribution in [0.25, 0.3) is 0 Å². The van der Waals surface area contributed by atoms with Crippen LogP contribution < -0.4 is 0 Å². The van der Waals surface area contributed by atoms with Gasteiger partial charge < -0.3 is 4.90 Å². The Morgan fingerprint density at radius 3 is 1.91 bits per heavy atom. The van der Waals surface area contributed by atoms with Gasteiger partial charge >= 0.3 is 0 Å². The molecule has 0 aromatic heterocycles. The van der Waals surface area contributed by atoms with Crippen molar-refractivity contribution in [2.24, 2.45) is 0 Å². The third-order valence-corrected chi connectivity index (χ3v) is 5.42. The third-order valence-electron chi connectivity index (χ3n) is 4.51. The zero-order valence-electron chi connectivity index (χ0n) is 13.9. The highest BCUT2D eigenvalue weighted by Gasteiger charge is 2.15. The fourth-order valence-electron chi connectivity index (χ4n) is 3.32. The Balaban J connectivity index is 2.05. The maximum absolute atomic E-state index is 2.38. The molecule has 6 rings (SSSR count). The monoisotopic (exact) mass is 311 g/mol. The van der Waals surface area contributed by atoms with Gasteiger partial charge in [0.2, 0.25) is 0 Å². The third kappa shape index (κ3) is 3.39. The van der Waals surface area contributed by atoms with Crippen LogP contribution in [0.15, 0.2) is 41.3 Å². The lowest BCUT2D eigenvalue weighted by Gasteiger charge is -2.21. The van der Waals surface area contributed by atoms with Gasteiger partial charge in [0.15, 0.2) is 0 Å². The minimum absolute atomic E-state index is 1.04. The minimum Gasteiger partial charge on any atom is -0.305 e.